The molecule has 6 heteroatoms. The van der Waals surface area contributed by atoms with Gasteiger partial charge in [-0.2, -0.15) is 0 Å². The van der Waals surface area contributed by atoms with Crippen molar-refractivity contribution in [3.05, 3.63) is 73.3 Å². The first kappa shape index (κ1) is 26.2. The fourth-order valence-electron chi connectivity index (χ4n) is 5.73. The minimum atomic E-state index is -0.0856. The summed E-state index contributed by atoms with van der Waals surface area (Å²) in [5, 5.41) is 9.08. The van der Waals surface area contributed by atoms with E-state index in [0.717, 1.165) is 61.6 Å². The third-order valence-electron chi connectivity index (χ3n) is 8.05. The summed E-state index contributed by atoms with van der Waals surface area (Å²) in [6, 6.07) is 9.99. The van der Waals surface area contributed by atoms with Crippen LogP contribution >= 0.6 is 22.7 Å². The van der Waals surface area contributed by atoms with Crippen LogP contribution < -0.4 is 10.6 Å². The zero-order chi connectivity index (χ0) is 26.0. The molecular formula is C31H38N2O2S2. The molecule has 0 radical (unpaired) electrons. The summed E-state index contributed by atoms with van der Waals surface area (Å²) in [6.45, 7) is 7.43. The van der Waals surface area contributed by atoms with Crippen LogP contribution in [0.1, 0.15) is 100 Å². The van der Waals surface area contributed by atoms with Crippen LogP contribution in [0, 0.1) is 11.3 Å². The Kier molecular flexibility index (Phi) is 7.87. The predicted octanol–water partition coefficient (Wildman–Crippen LogP) is 7.80. The molecule has 196 valence electrons. The highest BCUT2D eigenvalue weighted by Crippen LogP contribution is 2.42. The number of fused-ring (bicyclic) bond motifs is 2. The summed E-state index contributed by atoms with van der Waals surface area (Å²) >= 11 is 3.34. The first-order valence-corrected chi connectivity index (χ1v) is 15.4. The lowest BCUT2D eigenvalue weighted by Gasteiger charge is -2.34. The van der Waals surface area contributed by atoms with Gasteiger partial charge in [0, 0.05) is 21.7 Å². The normalized spacial score (nSPS) is 17.8. The van der Waals surface area contributed by atoms with Crippen molar-refractivity contribution in [2.24, 2.45) is 11.3 Å². The zero-order valence-electron chi connectivity index (χ0n) is 22.2. The number of nitrogens with one attached hydrogen (secondary N) is 2. The van der Waals surface area contributed by atoms with Crippen LogP contribution in [0.5, 0.6) is 0 Å². The van der Waals surface area contributed by atoms with Crippen molar-refractivity contribution < 1.29 is 9.59 Å². The van der Waals surface area contributed by atoms with E-state index in [1.165, 1.54) is 28.2 Å². The SMILES string of the molecule is CC(C)(C)C1CCc2c(C(=O)Nc3sc4c(c3C(=O)NCc3ccccc3)CCCCCC4)csc2C1. The van der Waals surface area contributed by atoms with Crippen molar-refractivity contribution in [3.8, 4) is 0 Å². The maximum atomic E-state index is 13.6. The molecule has 2 amide bonds. The van der Waals surface area contributed by atoms with E-state index < -0.39 is 0 Å². The molecule has 0 aliphatic heterocycles. The highest BCUT2D eigenvalue weighted by molar-refractivity contribution is 7.17. The fourth-order valence-corrected chi connectivity index (χ4v) is 8.17. The molecule has 2 aromatic heterocycles. The number of carbonyl (C=O) groups excluding carboxylic acids is 2. The maximum absolute atomic E-state index is 13.6. The molecule has 0 fully saturated rings. The van der Waals surface area contributed by atoms with Crippen LogP contribution in [0.3, 0.4) is 0 Å². The van der Waals surface area contributed by atoms with E-state index in [1.807, 2.05) is 35.7 Å². The lowest BCUT2D eigenvalue weighted by Crippen LogP contribution is -2.27. The molecule has 0 saturated heterocycles. The van der Waals surface area contributed by atoms with E-state index in [9.17, 15) is 9.59 Å². The van der Waals surface area contributed by atoms with E-state index in [4.69, 9.17) is 0 Å². The van der Waals surface area contributed by atoms with Crippen molar-refractivity contribution in [1.29, 1.82) is 0 Å². The van der Waals surface area contributed by atoms with Gasteiger partial charge in [-0.05, 0) is 73.0 Å². The van der Waals surface area contributed by atoms with Gasteiger partial charge in [0.25, 0.3) is 11.8 Å². The average Bonchev–Trinajstić information content (AvgIpc) is 3.43. The summed E-state index contributed by atoms with van der Waals surface area (Å²) in [4.78, 5) is 29.8. The summed E-state index contributed by atoms with van der Waals surface area (Å²) in [7, 11) is 0. The van der Waals surface area contributed by atoms with E-state index in [-0.39, 0.29) is 17.2 Å². The molecule has 2 N–H and O–H groups in total. The number of benzene rings is 1. The van der Waals surface area contributed by atoms with Crippen LogP contribution in [0.4, 0.5) is 5.00 Å². The first-order valence-electron chi connectivity index (χ1n) is 13.7. The third-order valence-corrected chi connectivity index (χ3v) is 10.3. The molecule has 1 unspecified atom stereocenters. The second-order valence-corrected chi connectivity index (χ2v) is 13.7. The third kappa shape index (κ3) is 5.85. The Morgan fingerprint density at radius 1 is 0.919 bits per heavy atom. The molecule has 1 atom stereocenters. The largest absolute Gasteiger partial charge is 0.348 e. The van der Waals surface area contributed by atoms with Gasteiger partial charge in [-0.15, -0.1) is 22.7 Å². The molecule has 3 aromatic rings. The van der Waals surface area contributed by atoms with Crippen LogP contribution in [0.15, 0.2) is 35.7 Å². The summed E-state index contributed by atoms with van der Waals surface area (Å²) in [5.74, 6) is 0.488. The number of anilines is 1. The standard InChI is InChI=1S/C31H38N2O2S2/c1-31(2,3)21-15-16-22-24(19-36-26(22)17-21)28(34)33-30-27(23-13-9-4-5-10-14-25(23)37-30)29(35)32-18-20-11-7-6-8-12-20/h6-8,11-12,19,21H,4-5,9-10,13-18H2,1-3H3,(H,32,35)(H,33,34). The fraction of sp³-hybridized carbons (Fsp3) is 0.484. The van der Waals surface area contributed by atoms with E-state index in [1.54, 1.807) is 22.7 Å². The highest BCUT2D eigenvalue weighted by Gasteiger charge is 2.32. The van der Waals surface area contributed by atoms with Crippen molar-refractivity contribution in [2.75, 3.05) is 5.32 Å². The van der Waals surface area contributed by atoms with Crippen molar-refractivity contribution in [3.63, 3.8) is 0 Å². The number of aryl methyl sites for hydroxylation is 1. The molecule has 5 rings (SSSR count). The van der Waals surface area contributed by atoms with Gasteiger partial charge >= 0.3 is 0 Å². The molecule has 4 nitrogen and oxygen atoms in total. The molecule has 0 bridgehead atoms. The lowest BCUT2D eigenvalue weighted by atomic mass is 9.72. The Bertz CT molecular complexity index is 1270. The quantitative estimate of drug-likeness (QED) is 0.351. The van der Waals surface area contributed by atoms with Crippen molar-refractivity contribution >= 4 is 39.5 Å². The Morgan fingerprint density at radius 2 is 1.68 bits per heavy atom. The molecule has 0 saturated carbocycles. The number of hydrogen-bond acceptors (Lipinski definition) is 4. The number of thiophene rings is 2. The molecule has 37 heavy (non-hydrogen) atoms. The van der Waals surface area contributed by atoms with Gasteiger partial charge in [0.05, 0.1) is 11.1 Å². The first-order chi connectivity index (χ1) is 17.8. The summed E-state index contributed by atoms with van der Waals surface area (Å²) in [6.07, 6.45) is 9.65. The van der Waals surface area contributed by atoms with Crippen molar-refractivity contribution in [2.45, 2.75) is 85.1 Å². The van der Waals surface area contributed by atoms with Gasteiger partial charge in [-0.25, -0.2) is 0 Å². The van der Waals surface area contributed by atoms with E-state index in [0.29, 0.717) is 23.0 Å². The predicted molar refractivity (Wildman–Crippen MR) is 155 cm³/mol. The average molecular weight is 535 g/mol. The zero-order valence-corrected chi connectivity index (χ0v) is 23.9. The van der Waals surface area contributed by atoms with Gasteiger partial charge in [-0.1, -0.05) is 63.9 Å². The van der Waals surface area contributed by atoms with E-state index >= 15 is 0 Å². The van der Waals surface area contributed by atoms with Gasteiger partial charge in [0.1, 0.15) is 5.00 Å². The second kappa shape index (κ2) is 11.1. The number of amides is 2. The lowest BCUT2D eigenvalue weighted by molar-refractivity contribution is 0.0951. The minimum absolute atomic E-state index is 0.0713. The molecule has 2 aliphatic carbocycles. The van der Waals surface area contributed by atoms with E-state index in [2.05, 4.69) is 31.4 Å². The van der Waals surface area contributed by atoms with Crippen molar-refractivity contribution in [1.82, 2.24) is 5.32 Å². The second-order valence-electron chi connectivity index (χ2n) is 11.6. The molecule has 1 aromatic carbocycles. The number of rotatable bonds is 5. The van der Waals surface area contributed by atoms with Gasteiger partial charge in [0.15, 0.2) is 0 Å². The molecule has 2 heterocycles. The minimum Gasteiger partial charge on any atom is -0.348 e. The number of carbonyl (C=O) groups is 2. The smallest absolute Gasteiger partial charge is 0.257 e. The number of hydrogen-bond donors (Lipinski definition) is 2. The van der Waals surface area contributed by atoms with Crippen LogP contribution in [0.2, 0.25) is 0 Å². The Balaban J connectivity index is 1.40. The van der Waals surface area contributed by atoms with Crippen LogP contribution in [-0.4, -0.2) is 11.8 Å². The maximum Gasteiger partial charge on any atom is 0.257 e. The topological polar surface area (TPSA) is 58.2 Å². The highest BCUT2D eigenvalue weighted by atomic mass is 32.1. The Labute approximate surface area is 228 Å². The summed E-state index contributed by atoms with van der Waals surface area (Å²) < 4.78 is 0. The Hall–Kier alpha value is -2.44. The summed E-state index contributed by atoms with van der Waals surface area (Å²) in [5.41, 5.74) is 5.18. The molecule has 2 aliphatic rings. The van der Waals surface area contributed by atoms with Gasteiger partial charge < -0.3 is 10.6 Å². The van der Waals surface area contributed by atoms with Crippen LogP contribution in [0.25, 0.3) is 0 Å². The van der Waals surface area contributed by atoms with Crippen LogP contribution in [-0.2, 0) is 32.2 Å². The monoisotopic (exact) mass is 534 g/mol. The van der Waals surface area contributed by atoms with Gasteiger partial charge in [0.2, 0.25) is 0 Å². The molecular weight excluding hydrogens is 496 g/mol. The molecule has 0 spiro atoms. The Morgan fingerprint density at radius 3 is 2.43 bits per heavy atom. The van der Waals surface area contributed by atoms with Gasteiger partial charge in [-0.3, -0.25) is 9.59 Å².